The number of halogens is 5. The third-order valence-electron chi connectivity index (χ3n) is 3.05. The lowest BCUT2D eigenvalue weighted by molar-refractivity contribution is 0.372. The van der Waals surface area contributed by atoms with Crippen LogP contribution < -0.4 is 5.84 Å². The van der Waals surface area contributed by atoms with Gasteiger partial charge in [0.2, 0.25) is 11.0 Å². The van der Waals surface area contributed by atoms with E-state index in [-0.39, 0.29) is 5.16 Å². The molecule has 4 nitrogen and oxygen atoms in total. The fourth-order valence-electron chi connectivity index (χ4n) is 1.86. The molecule has 0 aliphatic heterocycles. The Labute approximate surface area is 140 Å². The molecule has 0 spiro atoms. The first-order valence-electron chi connectivity index (χ1n) is 6.29. The van der Waals surface area contributed by atoms with Crippen LogP contribution in [0.5, 0.6) is 0 Å². The Bertz CT molecular complexity index is 865. The third kappa shape index (κ3) is 2.73. The molecule has 0 saturated heterocycles. The lowest BCUT2D eigenvalue weighted by atomic mass is 10.2. The Morgan fingerprint density at radius 3 is 2.21 bits per heavy atom. The Kier molecular flexibility index (Phi) is 4.45. The molecule has 0 saturated carbocycles. The molecule has 0 unspecified atom stereocenters. The van der Waals surface area contributed by atoms with Crippen LogP contribution in [0.15, 0.2) is 22.7 Å². The van der Waals surface area contributed by atoms with Gasteiger partial charge in [-0.05, 0) is 11.4 Å². The average molecular weight is 378 g/mol. The van der Waals surface area contributed by atoms with Gasteiger partial charge >= 0.3 is 0 Å². The van der Waals surface area contributed by atoms with Crippen LogP contribution in [0.3, 0.4) is 0 Å². The fourth-order valence-corrected chi connectivity index (χ4v) is 3.42. The molecule has 2 heterocycles. The van der Waals surface area contributed by atoms with Gasteiger partial charge in [-0.3, -0.25) is 0 Å². The molecular weight excluding hydrogens is 371 g/mol. The van der Waals surface area contributed by atoms with Crippen molar-refractivity contribution < 1.29 is 22.0 Å². The molecule has 11 heteroatoms. The Morgan fingerprint density at radius 2 is 1.62 bits per heavy atom. The van der Waals surface area contributed by atoms with Crippen molar-refractivity contribution in [3.63, 3.8) is 0 Å². The molecule has 24 heavy (non-hydrogen) atoms. The van der Waals surface area contributed by atoms with E-state index in [1.54, 1.807) is 17.5 Å². The lowest BCUT2D eigenvalue weighted by Gasteiger charge is -2.07. The van der Waals surface area contributed by atoms with Crippen LogP contribution in [-0.4, -0.2) is 14.9 Å². The predicted octanol–water partition coefficient (Wildman–Crippen LogP) is 3.71. The Morgan fingerprint density at radius 1 is 1.00 bits per heavy atom. The van der Waals surface area contributed by atoms with Crippen LogP contribution in [-0.2, 0) is 5.75 Å². The van der Waals surface area contributed by atoms with Crippen molar-refractivity contribution in [3.8, 4) is 10.7 Å². The van der Waals surface area contributed by atoms with Gasteiger partial charge in [-0.25, -0.2) is 26.6 Å². The maximum Gasteiger partial charge on any atom is 0.210 e. The molecule has 1 aromatic carbocycles. The van der Waals surface area contributed by atoms with Crippen LogP contribution in [0.1, 0.15) is 5.56 Å². The molecule has 0 aliphatic carbocycles. The lowest BCUT2D eigenvalue weighted by Crippen LogP contribution is -2.11. The fraction of sp³-hybridized carbons (Fsp3) is 0.0769. The van der Waals surface area contributed by atoms with Gasteiger partial charge in [0.05, 0.1) is 4.88 Å². The van der Waals surface area contributed by atoms with Crippen LogP contribution in [0.2, 0.25) is 0 Å². The van der Waals surface area contributed by atoms with Crippen molar-refractivity contribution in [2.24, 2.45) is 0 Å². The number of hydrogen-bond acceptors (Lipinski definition) is 5. The maximum absolute atomic E-state index is 13.6. The molecule has 2 aromatic heterocycles. The molecule has 0 fully saturated rings. The van der Waals surface area contributed by atoms with Gasteiger partial charge in [0, 0.05) is 11.3 Å². The van der Waals surface area contributed by atoms with E-state index in [9.17, 15) is 22.0 Å². The smallest absolute Gasteiger partial charge is 0.210 e. The standard InChI is InChI=1S/C13H7F5N4S2/c14-7-5(8(15)10(17)11(18)9(7)16)4-24-13-21-20-12(22(13)19)6-2-1-3-23-6/h1-3H,4,19H2. The number of nitrogen functional groups attached to an aromatic ring is 1. The van der Waals surface area contributed by atoms with E-state index in [1.807, 2.05) is 0 Å². The van der Waals surface area contributed by atoms with E-state index in [0.29, 0.717) is 22.5 Å². The largest absolute Gasteiger partial charge is 0.335 e. The monoisotopic (exact) mass is 378 g/mol. The highest BCUT2D eigenvalue weighted by molar-refractivity contribution is 7.98. The molecule has 126 valence electrons. The van der Waals surface area contributed by atoms with Gasteiger partial charge < -0.3 is 5.84 Å². The summed E-state index contributed by atoms with van der Waals surface area (Å²) in [7, 11) is 0. The van der Waals surface area contributed by atoms with Crippen molar-refractivity contribution >= 4 is 23.1 Å². The molecule has 3 rings (SSSR count). The summed E-state index contributed by atoms with van der Waals surface area (Å²) in [6, 6.07) is 3.52. The van der Waals surface area contributed by atoms with Gasteiger partial charge in [0.15, 0.2) is 29.1 Å². The minimum Gasteiger partial charge on any atom is -0.335 e. The summed E-state index contributed by atoms with van der Waals surface area (Å²) >= 11 is 2.06. The number of hydrogen-bond donors (Lipinski definition) is 1. The molecule has 2 N–H and O–H groups in total. The maximum atomic E-state index is 13.6. The molecule has 0 radical (unpaired) electrons. The summed E-state index contributed by atoms with van der Waals surface area (Å²) in [4.78, 5) is 0.716. The van der Waals surface area contributed by atoms with Gasteiger partial charge in [-0.2, -0.15) is 0 Å². The van der Waals surface area contributed by atoms with E-state index >= 15 is 0 Å². The first-order valence-corrected chi connectivity index (χ1v) is 8.15. The molecule has 3 aromatic rings. The number of rotatable bonds is 4. The Hall–Kier alpha value is -2.14. The molecule has 0 aliphatic rings. The van der Waals surface area contributed by atoms with E-state index in [1.165, 1.54) is 11.3 Å². The topological polar surface area (TPSA) is 56.7 Å². The van der Waals surface area contributed by atoms with E-state index in [0.717, 1.165) is 4.68 Å². The molecule has 0 bridgehead atoms. The van der Waals surface area contributed by atoms with Crippen LogP contribution in [0.4, 0.5) is 22.0 Å². The first-order chi connectivity index (χ1) is 11.4. The zero-order chi connectivity index (χ0) is 17.4. The zero-order valence-electron chi connectivity index (χ0n) is 11.6. The summed E-state index contributed by atoms with van der Waals surface area (Å²) in [6.45, 7) is 0. The Balaban J connectivity index is 1.88. The van der Waals surface area contributed by atoms with E-state index in [4.69, 9.17) is 5.84 Å². The number of nitrogens with two attached hydrogens (primary N) is 1. The summed E-state index contributed by atoms with van der Waals surface area (Å²) in [6.07, 6.45) is 0. The van der Waals surface area contributed by atoms with Crippen molar-refractivity contribution in [3.05, 3.63) is 52.2 Å². The van der Waals surface area contributed by atoms with Crippen LogP contribution in [0.25, 0.3) is 10.7 Å². The first kappa shape index (κ1) is 16.7. The zero-order valence-corrected chi connectivity index (χ0v) is 13.2. The van der Waals surface area contributed by atoms with Crippen molar-refractivity contribution in [1.29, 1.82) is 0 Å². The van der Waals surface area contributed by atoms with Crippen LogP contribution in [0, 0.1) is 29.1 Å². The number of thiophene rings is 1. The van der Waals surface area contributed by atoms with E-state index < -0.39 is 40.4 Å². The SMILES string of the molecule is Nn1c(SCc2c(F)c(F)c(F)c(F)c2F)nnc1-c1cccs1. The summed E-state index contributed by atoms with van der Waals surface area (Å²) in [5, 5.41) is 9.47. The minimum absolute atomic E-state index is 0.0716. The highest BCUT2D eigenvalue weighted by Gasteiger charge is 2.26. The average Bonchev–Trinajstić information content (AvgIpc) is 3.21. The second kappa shape index (κ2) is 6.40. The third-order valence-corrected chi connectivity index (χ3v) is 4.89. The predicted molar refractivity (Wildman–Crippen MR) is 79.3 cm³/mol. The second-order valence-corrected chi connectivity index (χ2v) is 6.38. The van der Waals surface area contributed by atoms with Gasteiger partial charge in [0.1, 0.15) is 0 Å². The van der Waals surface area contributed by atoms with Crippen molar-refractivity contribution in [1.82, 2.24) is 14.9 Å². The number of thioether (sulfide) groups is 1. The van der Waals surface area contributed by atoms with E-state index in [2.05, 4.69) is 10.2 Å². The molecule has 0 atom stereocenters. The second-order valence-electron chi connectivity index (χ2n) is 4.49. The normalized spacial score (nSPS) is 11.2. The van der Waals surface area contributed by atoms with Gasteiger partial charge in [0.25, 0.3) is 0 Å². The van der Waals surface area contributed by atoms with Crippen molar-refractivity contribution in [2.45, 2.75) is 10.9 Å². The summed E-state index contributed by atoms with van der Waals surface area (Å²) in [5.41, 5.74) is -0.947. The highest BCUT2D eigenvalue weighted by Crippen LogP contribution is 2.30. The highest BCUT2D eigenvalue weighted by atomic mass is 32.2. The minimum atomic E-state index is -2.19. The number of aromatic nitrogens is 3. The van der Waals surface area contributed by atoms with Crippen molar-refractivity contribution in [2.75, 3.05) is 5.84 Å². The quantitative estimate of drug-likeness (QED) is 0.247. The summed E-state index contributed by atoms with van der Waals surface area (Å²) < 4.78 is 67.7. The number of benzene rings is 1. The number of nitrogens with zero attached hydrogens (tertiary/aromatic N) is 3. The van der Waals surface area contributed by atoms with Gasteiger partial charge in [-0.1, -0.05) is 17.8 Å². The molecule has 0 amide bonds. The molecular formula is C13H7F5N4S2. The summed E-state index contributed by atoms with van der Waals surface area (Å²) in [5.74, 6) is -4.34. The van der Waals surface area contributed by atoms with Gasteiger partial charge in [-0.15, -0.1) is 21.5 Å². The van der Waals surface area contributed by atoms with Crippen LogP contribution >= 0.6 is 23.1 Å².